The largest absolute Gasteiger partial charge is 0.385 e. The zero-order chi connectivity index (χ0) is 20.8. The first-order chi connectivity index (χ1) is 14.0. The molecule has 3 rings (SSSR count). The summed E-state index contributed by atoms with van der Waals surface area (Å²) in [6, 6.07) is 6.13. The van der Waals surface area contributed by atoms with E-state index in [1.54, 1.807) is 7.11 Å². The van der Waals surface area contributed by atoms with Crippen LogP contribution >= 0.6 is 12.2 Å². The van der Waals surface area contributed by atoms with Gasteiger partial charge in [0.05, 0.1) is 18.2 Å². The zero-order valence-corrected chi connectivity index (χ0v) is 18.4. The van der Waals surface area contributed by atoms with Gasteiger partial charge in [-0.1, -0.05) is 12.1 Å². The normalized spacial score (nSPS) is 16.3. The number of H-pyrrole nitrogens is 1. The predicted octanol–water partition coefficient (Wildman–Crippen LogP) is 3.04. The van der Waals surface area contributed by atoms with Crippen molar-refractivity contribution in [2.45, 2.75) is 45.8 Å². The molecule has 0 amide bonds. The van der Waals surface area contributed by atoms with Gasteiger partial charge in [-0.3, -0.25) is 4.79 Å². The Balaban J connectivity index is 1.82. The molecule has 158 valence electrons. The lowest BCUT2D eigenvalue weighted by Crippen LogP contribution is -2.44. The molecule has 7 heteroatoms. The Morgan fingerprint density at radius 2 is 2.17 bits per heavy atom. The second-order valence-electron chi connectivity index (χ2n) is 7.71. The highest BCUT2D eigenvalue weighted by Gasteiger charge is 2.22. The molecule has 1 saturated heterocycles. The second kappa shape index (κ2) is 10.2. The molecule has 1 atom stereocenters. The van der Waals surface area contributed by atoms with Gasteiger partial charge in [-0.25, -0.2) is 0 Å². The van der Waals surface area contributed by atoms with E-state index in [0.717, 1.165) is 54.4 Å². The number of hydrogen-bond acceptors (Lipinski definition) is 4. The molecule has 0 saturated carbocycles. The average molecular weight is 418 g/mol. The van der Waals surface area contributed by atoms with Crippen molar-refractivity contribution in [2.75, 3.05) is 33.4 Å². The third-order valence-corrected chi connectivity index (χ3v) is 5.82. The molecule has 0 spiro atoms. The highest BCUT2D eigenvalue weighted by atomic mass is 32.1. The topological polar surface area (TPSA) is 66.6 Å². The Kier molecular flexibility index (Phi) is 7.64. The fourth-order valence-corrected chi connectivity index (χ4v) is 3.96. The summed E-state index contributed by atoms with van der Waals surface area (Å²) in [6.07, 6.45) is 3.12. The molecule has 0 unspecified atom stereocenters. The number of aromatic nitrogens is 1. The van der Waals surface area contributed by atoms with Crippen LogP contribution in [0.1, 0.15) is 36.0 Å². The van der Waals surface area contributed by atoms with Gasteiger partial charge in [-0.05, 0) is 62.5 Å². The highest BCUT2D eigenvalue weighted by Crippen LogP contribution is 2.21. The van der Waals surface area contributed by atoms with Crippen LogP contribution in [-0.4, -0.2) is 54.5 Å². The zero-order valence-electron chi connectivity index (χ0n) is 17.5. The van der Waals surface area contributed by atoms with E-state index in [1.165, 1.54) is 0 Å². The van der Waals surface area contributed by atoms with Crippen molar-refractivity contribution < 1.29 is 9.47 Å². The Morgan fingerprint density at radius 3 is 2.90 bits per heavy atom. The molecule has 1 aliphatic heterocycles. The van der Waals surface area contributed by atoms with Crippen molar-refractivity contribution in [3.05, 3.63) is 45.2 Å². The van der Waals surface area contributed by atoms with Crippen molar-refractivity contribution in [3.63, 3.8) is 0 Å². The lowest BCUT2D eigenvalue weighted by Gasteiger charge is -2.28. The smallest absolute Gasteiger partial charge is 0.253 e. The molecule has 29 heavy (non-hydrogen) atoms. The Morgan fingerprint density at radius 1 is 1.38 bits per heavy atom. The molecule has 0 radical (unpaired) electrons. The maximum absolute atomic E-state index is 12.8. The predicted molar refractivity (Wildman–Crippen MR) is 121 cm³/mol. The molecule has 2 aromatic rings. The van der Waals surface area contributed by atoms with Crippen molar-refractivity contribution in [1.29, 1.82) is 0 Å². The molecule has 2 heterocycles. The van der Waals surface area contributed by atoms with Crippen LogP contribution in [0.25, 0.3) is 10.9 Å². The van der Waals surface area contributed by atoms with Gasteiger partial charge in [0.2, 0.25) is 0 Å². The third kappa shape index (κ3) is 5.56. The molecule has 1 aromatic carbocycles. The molecule has 0 bridgehead atoms. The van der Waals surface area contributed by atoms with Gasteiger partial charge in [-0.2, -0.15) is 0 Å². The lowest BCUT2D eigenvalue weighted by molar-refractivity contribution is 0.0896. The number of nitrogens with one attached hydrogen (secondary N) is 2. The molecule has 1 aliphatic rings. The number of rotatable bonds is 8. The molecular formula is C22H31N3O3S. The fourth-order valence-electron chi connectivity index (χ4n) is 3.72. The highest BCUT2D eigenvalue weighted by molar-refractivity contribution is 7.80. The average Bonchev–Trinajstić information content (AvgIpc) is 3.21. The molecule has 1 aromatic heterocycles. The number of thiocarbonyl (C=S) groups is 1. The Labute approximate surface area is 177 Å². The number of nitrogens with zero attached hydrogens (tertiary/aromatic N) is 1. The molecule has 0 aliphatic carbocycles. The summed E-state index contributed by atoms with van der Waals surface area (Å²) < 4.78 is 10.9. The van der Waals surface area contributed by atoms with Crippen LogP contribution in [0.15, 0.2) is 23.0 Å². The maximum Gasteiger partial charge on any atom is 0.253 e. The van der Waals surface area contributed by atoms with Crippen LogP contribution in [0.5, 0.6) is 0 Å². The second-order valence-corrected chi connectivity index (χ2v) is 8.09. The Hall–Kier alpha value is -1.96. The molecular weight excluding hydrogens is 386 g/mol. The minimum absolute atomic E-state index is 0.0641. The van der Waals surface area contributed by atoms with E-state index < -0.39 is 0 Å². The van der Waals surface area contributed by atoms with Crippen LogP contribution in [0.3, 0.4) is 0 Å². The van der Waals surface area contributed by atoms with E-state index in [0.29, 0.717) is 30.4 Å². The minimum Gasteiger partial charge on any atom is -0.385 e. The van der Waals surface area contributed by atoms with Crippen molar-refractivity contribution in [3.8, 4) is 0 Å². The van der Waals surface area contributed by atoms with Gasteiger partial charge >= 0.3 is 0 Å². The minimum atomic E-state index is -0.0641. The van der Waals surface area contributed by atoms with Gasteiger partial charge < -0.3 is 24.7 Å². The first-order valence-corrected chi connectivity index (χ1v) is 10.7. The van der Waals surface area contributed by atoms with E-state index in [1.807, 2.05) is 19.1 Å². The molecule has 1 fully saturated rings. The monoisotopic (exact) mass is 417 g/mol. The SMILES string of the molecule is COCCCNC(=S)N(Cc1cc2c(C)ccc(C)c2[nH]c1=O)C[C@@H]1CCCO1. The molecule has 6 nitrogen and oxygen atoms in total. The van der Waals surface area contributed by atoms with Crippen molar-refractivity contribution in [1.82, 2.24) is 15.2 Å². The number of aryl methyl sites for hydroxylation is 2. The van der Waals surface area contributed by atoms with Crippen molar-refractivity contribution in [2.24, 2.45) is 0 Å². The standard InChI is InChI=1S/C22H31N3O3S/c1-15-7-8-16(2)20-19(15)12-17(21(26)24-20)13-25(14-18-6-4-11-28-18)22(29)23-9-5-10-27-3/h7-8,12,18H,4-6,9-11,13-14H2,1-3H3,(H,23,29)(H,24,26)/t18-/m0/s1. The van der Waals surface area contributed by atoms with Gasteiger partial charge in [0.15, 0.2) is 5.11 Å². The summed E-state index contributed by atoms with van der Waals surface area (Å²) in [7, 11) is 1.69. The first-order valence-electron chi connectivity index (χ1n) is 10.2. The number of fused-ring (bicyclic) bond motifs is 1. The lowest BCUT2D eigenvalue weighted by atomic mass is 10.0. The fraction of sp³-hybridized carbons (Fsp3) is 0.545. The summed E-state index contributed by atoms with van der Waals surface area (Å²) in [6.45, 7) is 7.43. The third-order valence-electron chi connectivity index (χ3n) is 5.42. The van der Waals surface area contributed by atoms with Crippen LogP contribution in [0.2, 0.25) is 0 Å². The number of ether oxygens (including phenoxy) is 2. The maximum atomic E-state index is 12.8. The number of pyridine rings is 1. The summed E-state index contributed by atoms with van der Waals surface area (Å²) in [5.41, 5.74) is 3.77. The number of aromatic amines is 1. The number of benzene rings is 1. The first kappa shape index (κ1) is 21.7. The van der Waals surface area contributed by atoms with Gasteiger partial charge in [-0.15, -0.1) is 0 Å². The van der Waals surface area contributed by atoms with E-state index in [2.05, 4.69) is 28.2 Å². The van der Waals surface area contributed by atoms with Crippen LogP contribution in [0.4, 0.5) is 0 Å². The quantitative estimate of drug-likeness (QED) is 0.508. The summed E-state index contributed by atoms with van der Waals surface area (Å²) in [5, 5.41) is 5.03. The van der Waals surface area contributed by atoms with E-state index in [9.17, 15) is 4.79 Å². The Bertz CT molecular complexity index is 906. The summed E-state index contributed by atoms with van der Waals surface area (Å²) in [5.74, 6) is 0. The van der Waals surface area contributed by atoms with Gasteiger partial charge in [0.1, 0.15) is 0 Å². The van der Waals surface area contributed by atoms with Crippen LogP contribution in [0, 0.1) is 13.8 Å². The van der Waals surface area contributed by atoms with Gasteiger partial charge in [0, 0.05) is 44.4 Å². The summed E-state index contributed by atoms with van der Waals surface area (Å²) in [4.78, 5) is 17.9. The van der Waals surface area contributed by atoms with E-state index in [4.69, 9.17) is 21.7 Å². The van der Waals surface area contributed by atoms with E-state index in [-0.39, 0.29) is 11.7 Å². The van der Waals surface area contributed by atoms with Crippen LogP contribution < -0.4 is 10.9 Å². The summed E-state index contributed by atoms with van der Waals surface area (Å²) >= 11 is 5.65. The van der Waals surface area contributed by atoms with E-state index >= 15 is 0 Å². The number of methoxy groups -OCH3 is 1. The van der Waals surface area contributed by atoms with Crippen LogP contribution in [-0.2, 0) is 16.0 Å². The molecule has 2 N–H and O–H groups in total. The van der Waals surface area contributed by atoms with Crippen molar-refractivity contribution >= 4 is 28.2 Å². The number of hydrogen-bond donors (Lipinski definition) is 2. The van der Waals surface area contributed by atoms with Gasteiger partial charge in [0.25, 0.3) is 5.56 Å².